The molecule has 2 heterocycles. The molecule has 2 rings (SSSR count). The maximum Gasteiger partial charge on any atom is 0.255 e. The van der Waals surface area contributed by atoms with Crippen LogP contribution in [0.1, 0.15) is 10.4 Å². The number of carbonyl (C=O) groups excluding carboxylic acids is 2. The van der Waals surface area contributed by atoms with E-state index >= 15 is 0 Å². The number of carbonyl (C=O) groups is 2. The molecule has 1 aromatic rings. The summed E-state index contributed by atoms with van der Waals surface area (Å²) in [7, 11) is 3.50. The maximum absolute atomic E-state index is 12.4. The third-order valence-electron chi connectivity index (χ3n) is 3.47. The summed E-state index contributed by atoms with van der Waals surface area (Å²) in [6.07, 6.45) is 3.23. The highest BCUT2D eigenvalue weighted by Gasteiger charge is 2.23. The van der Waals surface area contributed by atoms with Gasteiger partial charge in [-0.1, -0.05) is 0 Å². The van der Waals surface area contributed by atoms with Gasteiger partial charge >= 0.3 is 0 Å². The van der Waals surface area contributed by atoms with Gasteiger partial charge in [-0.2, -0.15) is 0 Å². The van der Waals surface area contributed by atoms with E-state index in [4.69, 9.17) is 0 Å². The number of halogens is 1. The summed E-state index contributed by atoms with van der Waals surface area (Å²) in [6.45, 7) is 3.10. The fraction of sp³-hybridized carbons (Fsp3) is 0.500. The summed E-state index contributed by atoms with van der Waals surface area (Å²) in [6, 6.07) is 1.78. The third-order valence-corrected chi connectivity index (χ3v) is 3.90. The Morgan fingerprint density at radius 2 is 1.90 bits per heavy atom. The largest absolute Gasteiger partial charge is 0.348 e. The Morgan fingerprint density at radius 1 is 1.24 bits per heavy atom. The van der Waals surface area contributed by atoms with Crippen molar-refractivity contribution in [2.45, 2.75) is 0 Å². The van der Waals surface area contributed by atoms with Crippen LogP contribution in [0.25, 0.3) is 0 Å². The van der Waals surface area contributed by atoms with Gasteiger partial charge in [-0.25, -0.2) is 0 Å². The predicted molar refractivity (Wildman–Crippen MR) is 83.0 cm³/mol. The number of rotatable bonds is 3. The molecule has 0 N–H and O–H groups in total. The van der Waals surface area contributed by atoms with Crippen molar-refractivity contribution in [2.75, 3.05) is 46.8 Å². The molecule has 1 aliphatic heterocycles. The van der Waals surface area contributed by atoms with Gasteiger partial charge in [0.05, 0.1) is 12.1 Å². The highest BCUT2D eigenvalue weighted by Crippen LogP contribution is 2.13. The van der Waals surface area contributed by atoms with Crippen LogP contribution in [0.4, 0.5) is 0 Å². The van der Waals surface area contributed by atoms with Crippen LogP contribution in [0.3, 0.4) is 0 Å². The molecule has 0 unspecified atom stereocenters. The number of likely N-dealkylation sites (N-methyl/N-ethyl adjacent to an activating group) is 1. The number of nitrogens with zero attached hydrogens (tertiary/aromatic N) is 4. The van der Waals surface area contributed by atoms with Crippen molar-refractivity contribution in [2.24, 2.45) is 0 Å². The van der Waals surface area contributed by atoms with Crippen LogP contribution in [-0.4, -0.2) is 78.3 Å². The molecule has 0 saturated carbocycles. The van der Waals surface area contributed by atoms with E-state index < -0.39 is 0 Å². The maximum atomic E-state index is 12.4. The average molecular weight is 355 g/mol. The van der Waals surface area contributed by atoms with Crippen LogP contribution in [-0.2, 0) is 4.79 Å². The van der Waals surface area contributed by atoms with E-state index in [0.29, 0.717) is 38.3 Å². The van der Waals surface area contributed by atoms with Crippen molar-refractivity contribution in [3.05, 3.63) is 28.5 Å². The van der Waals surface area contributed by atoms with Crippen molar-refractivity contribution < 1.29 is 9.59 Å². The van der Waals surface area contributed by atoms with Crippen LogP contribution < -0.4 is 0 Å². The summed E-state index contributed by atoms with van der Waals surface area (Å²) < 4.78 is 0.795. The molecule has 0 spiro atoms. The number of amides is 2. The van der Waals surface area contributed by atoms with Crippen molar-refractivity contribution in [3.8, 4) is 0 Å². The highest BCUT2D eigenvalue weighted by atomic mass is 79.9. The topological polar surface area (TPSA) is 56.8 Å². The molecule has 0 bridgehead atoms. The standard InChI is InChI=1S/C14H19BrN4O2/c1-17(2)13(20)10-18-3-5-19(6-4-18)14(21)11-7-12(15)9-16-8-11/h7-9H,3-6,10H2,1-2H3. The molecule has 1 aromatic heterocycles. The molecule has 0 radical (unpaired) electrons. The lowest BCUT2D eigenvalue weighted by Gasteiger charge is -2.34. The first kappa shape index (κ1) is 15.9. The lowest BCUT2D eigenvalue weighted by Crippen LogP contribution is -2.51. The summed E-state index contributed by atoms with van der Waals surface area (Å²) in [5.74, 6) is 0.0772. The quantitative estimate of drug-likeness (QED) is 0.801. The van der Waals surface area contributed by atoms with Crippen molar-refractivity contribution in [1.82, 2.24) is 19.7 Å². The predicted octanol–water partition coefficient (Wildman–Crippen LogP) is 0.690. The van der Waals surface area contributed by atoms with E-state index in [-0.39, 0.29) is 11.8 Å². The average Bonchev–Trinajstić information content (AvgIpc) is 2.47. The molecular weight excluding hydrogens is 336 g/mol. The highest BCUT2D eigenvalue weighted by molar-refractivity contribution is 9.10. The molecule has 114 valence electrons. The molecule has 1 saturated heterocycles. The smallest absolute Gasteiger partial charge is 0.255 e. The fourth-order valence-corrected chi connectivity index (χ4v) is 2.52. The van der Waals surface area contributed by atoms with Gasteiger partial charge in [-0.15, -0.1) is 0 Å². The summed E-state index contributed by atoms with van der Waals surface area (Å²) in [4.78, 5) is 33.5. The van der Waals surface area contributed by atoms with E-state index in [9.17, 15) is 9.59 Å². The first-order chi connectivity index (χ1) is 9.97. The summed E-state index contributed by atoms with van der Waals surface area (Å²) in [5.41, 5.74) is 0.585. The van der Waals surface area contributed by atoms with Crippen LogP contribution in [0.15, 0.2) is 22.9 Å². The summed E-state index contributed by atoms with van der Waals surface area (Å²) in [5, 5.41) is 0. The van der Waals surface area contributed by atoms with Crippen molar-refractivity contribution in [1.29, 1.82) is 0 Å². The zero-order chi connectivity index (χ0) is 15.4. The van der Waals surface area contributed by atoms with Gasteiger partial charge in [0, 0.05) is 57.1 Å². The van der Waals surface area contributed by atoms with Crippen LogP contribution in [0, 0.1) is 0 Å². The Labute approximate surface area is 132 Å². The second-order valence-corrected chi connectivity index (χ2v) is 6.16. The molecule has 21 heavy (non-hydrogen) atoms. The van der Waals surface area contributed by atoms with Gasteiger partial charge in [-0.05, 0) is 22.0 Å². The van der Waals surface area contributed by atoms with E-state index in [1.165, 1.54) is 0 Å². The van der Waals surface area contributed by atoms with E-state index in [0.717, 1.165) is 4.47 Å². The number of aromatic nitrogens is 1. The van der Waals surface area contributed by atoms with Crippen molar-refractivity contribution in [3.63, 3.8) is 0 Å². The van der Waals surface area contributed by atoms with Gasteiger partial charge in [-0.3, -0.25) is 19.5 Å². The molecule has 1 aliphatic rings. The Balaban J connectivity index is 1.89. The Bertz CT molecular complexity index is 527. The molecule has 6 nitrogen and oxygen atoms in total. The second-order valence-electron chi connectivity index (χ2n) is 5.25. The zero-order valence-electron chi connectivity index (χ0n) is 12.3. The SMILES string of the molecule is CN(C)C(=O)CN1CCN(C(=O)c2cncc(Br)c2)CC1. The number of hydrogen-bond donors (Lipinski definition) is 0. The number of hydrogen-bond acceptors (Lipinski definition) is 4. The van der Waals surface area contributed by atoms with Gasteiger partial charge in [0.2, 0.25) is 5.91 Å². The van der Waals surface area contributed by atoms with E-state index in [1.807, 2.05) is 0 Å². The molecular formula is C14H19BrN4O2. The Morgan fingerprint density at radius 3 is 2.48 bits per heavy atom. The molecule has 2 amide bonds. The lowest BCUT2D eigenvalue weighted by atomic mass is 10.2. The van der Waals surface area contributed by atoms with E-state index in [2.05, 4.69) is 25.8 Å². The molecule has 1 fully saturated rings. The monoisotopic (exact) mass is 354 g/mol. The zero-order valence-corrected chi connectivity index (χ0v) is 13.8. The Hall–Kier alpha value is -1.47. The molecule has 0 aromatic carbocycles. The minimum Gasteiger partial charge on any atom is -0.348 e. The van der Waals surface area contributed by atoms with Gasteiger partial charge in [0.15, 0.2) is 0 Å². The summed E-state index contributed by atoms with van der Waals surface area (Å²) >= 11 is 3.32. The van der Waals surface area contributed by atoms with Gasteiger partial charge in [0.25, 0.3) is 5.91 Å². The minimum atomic E-state index is -0.0117. The van der Waals surface area contributed by atoms with Crippen molar-refractivity contribution >= 4 is 27.7 Å². The van der Waals surface area contributed by atoms with Crippen LogP contribution in [0.2, 0.25) is 0 Å². The normalized spacial score (nSPS) is 15.9. The van der Waals surface area contributed by atoms with Crippen LogP contribution in [0.5, 0.6) is 0 Å². The second kappa shape index (κ2) is 7.00. The van der Waals surface area contributed by atoms with Gasteiger partial charge in [0.1, 0.15) is 0 Å². The molecule has 7 heteroatoms. The number of piperazine rings is 1. The third kappa shape index (κ3) is 4.25. The molecule has 0 atom stereocenters. The van der Waals surface area contributed by atoms with Crippen LogP contribution >= 0.6 is 15.9 Å². The fourth-order valence-electron chi connectivity index (χ4n) is 2.15. The number of pyridine rings is 1. The molecule has 0 aliphatic carbocycles. The van der Waals surface area contributed by atoms with Gasteiger partial charge < -0.3 is 9.80 Å². The first-order valence-corrected chi connectivity index (χ1v) is 7.59. The van der Waals surface area contributed by atoms with E-state index in [1.54, 1.807) is 42.4 Å². The lowest BCUT2D eigenvalue weighted by molar-refractivity contribution is -0.130. The first-order valence-electron chi connectivity index (χ1n) is 6.79. The minimum absolute atomic E-state index is 0.0117. The Kier molecular flexibility index (Phi) is 5.30.